The molecule has 0 aromatic carbocycles. The molecule has 0 saturated heterocycles. The highest BCUT2D eigenvalue weighted by Gasteiger charge is 2.17. The van der Waals surface area contributed by atoms with Crippen molar-refractivity contribution in [3.63, 3.8) is 0 Å². The van der Waals surface area contributed by atoms with Gasteiger partial charge in [-0.3, -0.25) is 0 Å². The molecule has 120 valence electrons. The van der Waals surface area contributed by atoms with E-state index in [-0.39, 0.29) is 0 Å². The molecule has 0 aromatic heterocycles. The Morgan fingerprint density at radius 1 is 0.750 bits per heavy atom. The summed E-state index contributed by atoms with van der Waals surface area (Å²) in [5.74, 6) is 1.02. The monoisotopic (exact) mass is 344 g/mol. The van der Waals surface area contributed by atoms with Crippen molar-refractivity contribution >= 4 is 15.9 Å². The van der Waals surface area contributed by atoms with Gasteiger partial charge in [0.2, 0.25) is 0 Å². The van der Waals surface area contributed by atoms with Gasteiger partial charge in [-0.1, -0.05) is 113 Å². The smallest absolute Gasteiger partial charge is 0.0148 e. The largest absolute Gasteiger partial charge is 0.0891 e. The average molecular weight is 345 g/mol. The van der Waals surface area contributed by atoms with Gasteiger partial charge in [-0.05, 0) is 18.8 Å². The van der Waals surface area contributed by atoms with E-state index >= 15 is 0 Å². The van der Waals surface area contributed by atoms with Crippen LogP contribution in [0.3, 0.4) is 0 Å². The third-order valence-corrected chi connectivity index (χ3v) is 5.77. The highest BCUT2D eigenvalue weighted by atomic mass is 79.9. The fourth-order valence-corrected chi connectivity index (χ4v) is 4.43. The van der Waals surface area contributed by atoms with Crippen molar-refractivity contribution in [2.24, 2.45) is 5.92 Å². The highest BCUT2D eigenvalue weighted by molar-refractivity contribution is 9.09. The van der Waals surface area contributed by atoms with Crippen LogP contribution >= 0.6 is 15.9 Å². The van der Waals surface area contributed by atoms with Crippen molar-refractivity contribution in [2.75, 3.05) is 0 Å². The number of hydrogen-bond acceptors (Lipinski definition) is 0. The first kappa shape index (κ1) is 18.5. The first-order valence-electron chi connectivity index (χ1n) is 9.47. The van der Waals surface area contributed by atoms with Crippen LogP contribution in [0.5, 0.6) is 0 Å². The van der Waals surface area contributed by atoms with Crippen LogP contribution in [0.4, 0.5) is 0 Å². The fraction of sp³-hybridized carbons (Fsp3) is 1.00. The molecule has 1 saturated carbocycles. The second-order valence-corrected chi connectivity index (χ2v) is 8.25. The molecule has 2 atom stereocenters. The molecule has 2 unspecified atom stereocenters. The summed E-state index contributed by atoms with van der Waals surface area (Å²) in [5.41, 5.74) is 0. The first-order valence-corrected chi connectivity index (χ1v) is 10.4. The van der Waals surface area contributed by atoms with Gasteiger partial charge in [-0.2, -0.15) is 0 Å². The van der Waals surface area contributed by atoms with Gasteiger partial charge in [0.25, 0.3) is 0 Å². The zero-order valence-corrected chi connectivity index (χ0v) is 15.4. The number of alkyl halides is 1. The van der Waals surface area contributed by atoms with Crippen LogP contribution < -0.4 is 0 Å². The predicted molar refractivity (Wildman–Crippen MR) is 95.8 cm³/mol. The van der Waals surface area contributed by atoms with E-state index in [2.05, 4.69) is 22.9 Å². The minimum absolute atomic E-state index is 0.818. The van der Waals surface area contributed by atoms with Gasteiger partial charge in [0, 0.05) is 4.83 Å². The van der Waals surface area contributed by atoms with Crippen LogP contribution in [0, 0.1) is 5.92 Å². The average Bonchev–Trinajstić information content (AvgIpc) is 2.65. The van der Waals surface area contributed by atoms with Crippen molar-refractivity contribution in [1.82, 2.24) is 0 Å². The normalized spacial score (nSPS) is 23.7. The van der Waals surface area contributed by atoms with Gasteiger partial charge in [-0.15, -0.1) is 0 Å². The third kappa shape index (κ3) is 10.2. The van der Waals surface area contributed by atoms with Crippen molar-refractivity contribution < 1.29 is 0 Å². The molecule has 1 fully saturated rings. The zero-order chi connectivity index (χ0) is 14.5. The van der Waals surface area contributed by atoms with Gasteiger partial charge in [-0.25, -0.2) is 0 Å². The quantitative estimate of drug-likeness (QED) is 0.205. The number of rotatable bonds is 11. The van der Waals surface area contributed by atoms with E-state index in [1.54, 1.807) is 0 Å². The molecule has 1 heteroatoms. The van der Waals surface area contributed by atoms with Gasteiger partial charge in [0.1, 0.15) is 0 Å². The molecule has 0 amide bonds. The van der Waals surface area contributed by atoms with Gasteiger partial charge < -0.3 is 0 Å². The van der Waals surface area contributed by atoms with Crippen molar-refractivity contribution in [3.05, 3.63) is 0 Å². The molecule has 1 aliphatic rings. The summed E-state index contributed by atoms with van der Waals surface area (Å²) < 4.78 is 0. The van der Waals surface area contributed by atoms with E-state index in [9.17, 15) is 0 Å². The lowest BCUT2D eigenvalue weighted by atomic mass is 9.93. The molecule has 0 aromatic rings. The van der Waals surface area contributed by atoms with Crippen molar-refractivity contribution in [3.8, 4) is 0 Å². The molecule has 0 heterocycles. The van der Waals surface area contributed by atoms with Crippen LogP contribution in [0.15, 0.2) is 0 Å². The lowest BCUT2D eigenvalue weighted by Crippen LogP contribution is -2.05. The third-order valence-electron chi connectivity index (χ3n) is 4.93. The number of halogens is 1. The lowest BCUT2D eigenvalue weighted by Gasteiger charge is -2.15. The summed E-state index contributed by atoms with van der Waals surface area (Å²) in [5, 5.41) is 0. The van der Waals surface area contributed by atoms with E-state index in [0.29, 0.717) is 0 Å². The maximum absolute atomic E-state index is 3.85. The molecule has 0 N–H and O–H groups in total. The maximum Gasteiger partial charge on any atom is 0.0148 e. The van der Waals surface area contributed by atoms with Gasteiger partial charge in [0.05, 0.1) is 0 Å². The van der Waals surface area contributed by atoms with Crippen LogP contribution in [0.25, 0.3) is 0 Å². The Morgan fingerprint density at radius 3 is 1.95 bits per heavy atom. The maximum atomic E-state index is 3.85. The highest BCUT2D eigenvalue weighted by Crippen LogP contribution is 2.31. The number of hydrogen-bond donors (Lipinski definition) is 0. The van der Waals surface area contributed by atoms with Crippen LogP contribution in [-0.4, -0.2) is 4.83 Å². The molecule has 0 radical (unpaired) electrons. The van der Waals surface area contributed by atoms with Crippen molar-refractivity contribution in [2.45, 2.75) is 114 Å². The molecular weight excluding hydrogens is 308 g/mol. The molecule has 0 nitrogen and oxygen atoms in total. The molecule has 0 aliphatic heterocycles. The Kier molecular flexibility index (Phi) is 12.2. The summed E-state index contributed by atoms with van der Waals surface area (Å²) in [7, 11) is 0. The van der Waals surface area contributed by atoms with E-state index in [0.717, 1.165) is 10.7 Å². The molecule has 0 bridgehead atoms. The minimum Gasteiger partial charge on any atom is -0.0891 e. The molecule has 0 spiro atoms. The minimum atomic E-state index is 0.818. The Labute approximate surface area is 136 Å². The number of unbranched alkanes of at least 4 members (excludes halogenated alkanes) is 9. The van der Waals surface area contributed by atoms with E-state index in [1.807, 2.05) is 0 Å². The fourth-order valence-electron chi connectivity index (χ4n) is 3.58. The molecule has 1 rings (SSSR count). The summed E-state index contributed by atoms with van der Waals surface area (Å²) in [6, 6.07) is 0. The Bertz CT molecular complexity index is 202. The first-order chi connectivity index (χ1) is 9.83. The molecule has 1 aliphatic carbocycles. The Hall–Kier alpha value is 0.480. The summed E-state index contributed by atoms with van der Waals surface area (Å²) >= 11 is 3.85. The van der Waals surface area contributed by atoms with Gasteiger partial charge >= 0.3 is 0 Å². The topological polar surface area (TPSA) is 0 Å². The van der Waals surface area contributed by atoms with E-state index in [4.69, 9.17) is 0 Å². The SMILES string of the molecule is CCCCCCCCCCCCC1CCCCC(Br)C1. The van der Waals surface area contributed by atoms with E-state index < -0.39 is 0 Å². The zero-order valence-electron chi connectivity index (χ0n) is 13.8. The molecule has 20 heavy (non-hydrogen) atoms. The Morgan fingerprint density at radius 2 is 1.30 bits per heavy atom. The predicted octanol–water partition coefficient (Wildman–Crippen LogP) is 7.64. The van der Waals surface area contributed by atoms with Gasteiger partial charge in [0.15, 0.2) is 0 Å². The van der Waals surface area contributed by atoms with Crippen molar-refractivity contribution in [1.29, 1.82) is 0 Å². The summed E-state index contributed by atoms with van der Waals surface area (Å²) in [6.07, 6.45) is 23.4. The lowest BCUT2D eigenvalue weighted by molar-refractivity contribution is 0.408. The summed E-state index contributed by atoms with van der Waals surface area (Å²) in [4.78, 5) is 0.818. The van der Waals surface area contributed by atoms with Crippen LogP contribution in [0.2, 0.25) is 0 Å². The standard InChI is InChI=1S/C19H37Br/c1-2-3-4-5-6-7-8-9-10-11-14-18-15-12-13-16-19(20)17-18/h18-19H,2-17H2,1H3. The van der Waals surface area contributed by atoms with Crippen LogP contribution in [-0.2, 0) is 0 Å². The second kappa shape index (κ2) is 13.2. The summed E-state index contributed by atoms with van der Waals surface area (Å²) in [6.45, 7) is 2.30. The van der Waals surface area contributed by atoms with Crippen LogP contribution in [0.1, 0.15) is 110 Å². The Balaban J connectivity index is 1.84. The van der Waals surface area contributed by atoms with E-state index in [1.165, 1.54) is 103 Å². The second-order valence-electron chi connectivity index (χ2n) is 6.95. The molecular formula is C19H37Br.